The highest BCUT2D eigenvalue weighted by atomic mass is 16.5. The molecule has 1 saturated heterocycles. The molecule has 1 aliphatic rings. The fraction of sp³-hybridized carbons (Fsp3) is 0.444. The monoisotopic (exact) mass is 313 g/mol. The van der Waals surface area contributed by atoms with E-state index >= 15 is 0 Å². The number of hydrogen-bond acceptors (Lipinski definition) is 3. The first-order chi connectivity index (χ1) is 11.2. The third-order valence-corrected chi connectivity index (χ3v) is 4.39. The zero-order chi connectivity index (χ0) is 16.2. The molecule has 0 bridgehead atoms. The third-order valence-electron chi connectivity index (χ3n) is 4.39. The van der Waals surface area contributed by atoms with Crippen LogP contribution >= 0.6 is 0 Å². The van der Waals surface area contributed by atoms with Gasteiger partial charge in [-0.25, -0.2) is 4.98 Å². The van der Waals surface area contributed by atoms with Gasteiger partial charge in [0.2, 0.25) is 5.91 Å². The quantitative estimate of drug-likeness (QED) is 0.797. The highest BCUT2D eigenvalue weighted by molar-refractivity contribution is 5.87. The normalized spacial score (nSPS) is 18.3. The van der Waals surface area contributed by atoms with E-state index < -0.39 is 0 Å². The molecule has 23 heavy (non-hydrogen) atoms. The average molecular weight is 313 g/mol. The molecule has 1 aromatic carbocycles. The van der Waals surface area contributed by atoms with E-state index in [-0.39, 0.29) is 11.9 Å². The summed E-state index contributed by atoms with van der Waals surface area (Å²) in [5.41, 5.74) is 3.23. The van der Waals surface area contributed by atoms with Crippen molar-refractivity contribution in [1.82, 2.24) is 14.5 Å². The number of carbonyl (C=O) groups excluding carboxylic acids is 1. The van der Waals surface area contributed by atoms with Crippen LogP contribution in [0.2, 0.25) is 0 Å². The van der Waals surface area contributed by atoms with E-state index in [1.54, 1.807) is 0 Å². The van der Waals surface area contributed by atoms with Gasteiger partial charge in [0, 0.05) is 19.7 Å². The molecular formula is C18H23N3O2. The lowest BCUT2D eigenvalue weighted by Crippen LogP contribution is -2.39. The van der Waals surface area contributed by atoms with Gasteiger partial charge in [-0.1, -0.05) is 12.6 Å². The van der Waals surface area contributed by atoms with E-state index in [1.165, 1.54) is 6.08 Å². The van der Waals surface area contributed by atoms with Crippen molar-refractivity contribution in [3.05, 3.63) is 42.7 Å². The van der Waals surface area contributed by atoms with Gasteiger partial charge in [0.15, 0.2) is 0 Å². The number of imidazole rings is 1. The number of nitrogens with zero attached hydrogens (tertiary/aromatic N) is 3. The second-order valence-corrected chi connectivity index (χ2v) is 5.90. The first-order valence-electron chi connectivity index (χ1n) is 8.17. The number of hydrogen-bond donors (Lipinski definition) is 0. The predicted molar refractivity (Wildman–Crippen MR) is 90.1 cm³/mol. The molecule has 1 fully saturated rings. The molecule has 1 aromatic heterocycles. The molecule has 5 nitrogen and oxygen atoms in total. The summed E-state index contributed by atoms with van der Waals surface area (Å²) in [7, 11) is 0. The molecule has 1 unspecified atom stereocenters. The maximum Gasteiger partial charge on any atom is 0.246 e. The molecule has 1 atom stereocenters. The summed E-state index contributed by atoms with van der Waals surface area (Å²) in [6.07, 6.45) is 5.36. The van der Waals surface area contributed by atoms with Crippen molar-refractivity contribution in [3.8, 4) is 0 Å². The molecule has 3 rings (SSSR count). The Morgan fingerprint density at radius 3 is 3.17 bits per heavy atom. The van der Waals surface area contributed by atoms with Gasteiger partial charge in [-0.15, -0.1) is 0 Å². The molecular weight excluding hydrogens is 290 g/mol. The van der Waals surface area contributed by atoms with Gasteiger partial charge in [0.25, 0.3) is 0 Å². The van der Waals surface area contributed by atoms with E-state index in [9.17, 15) is 4.79 Å². The van der Waals surface area contributed by atoms with Crippen molar-refractivity contribution in [1.29, 1.82) is 0 Å². The van der Waals surface area contributed by atoms with Crippen LogP contribution in [0.1, 0.15) is 31.4 Å². The highest BCUT2D eigenvalue weighted by Crippen LogP contribution is 2.26. The molecule has 1 amide bonds. The number of likely N-dealkylation sites (tertiary alicyclic amines) is 1. The third kappa shape index (κ3) is 3.29. The minimum absolute atomic E-state index is 0.0121. The van der Waals surface area contributed by atoms with Crippen LogP contribution in [-0.4, -0.2) is 40.1 Å². The topological polar surface area (TPSA) is 47.4 Å². The lowest BCUT2D eigenvalue weighted by molar-refractivity contribution is -0.127. The van der Waals surface area contributed by atoms with Crippen LogP contribution in [0.15, 0.2) is 37.2 Å². The average Bonchev–Trinajstić information content (AvgIpc) is 3.02. The Morgan fingerprint density at radius 1 is 1.52 bits per heavy atom. The summed E-state index contributed by atoms with van der Waals surface area (Å²) in [5.74, 6) is 0.0121. The van der Waals surface area contributed by atoms with E-state index in [0.29, 0.717) is 13.2 Å². The summed E-state index contributed by atoms with van der Waals surface area (Å²) in [6.45, 7) is 8.43. The van der Waals surface area contributed by atoms with E-state index in [2.05, 4.69) is 34.3 Å². The summed E-state index contributed by atoms with van der Waals surface area (Å²) < 4.78 is 7.65. The standard InChI is InChI=1S/C18H23N3O2/c1-3-18(22)20-9-5-6-15(11-20)21-13-19-16-10-14(12-23-4-2)7-8-17(16)21/h3,7-8,10,13,15H,1,4-6,9,11-12H2,2H3. The number of fused-ring (bicyclic) bond motifs is 1. The van der Waals surface area contributed by atoms with Crippen LogP contribution in [-0.2, 0) is 16.1 Å². The molecule has 0 saturated carbocycles. The number of aromatic nitrogens is 2. The van der Waals surface area contributed by atoms with Gasteiger partial charge < -0.3 is 14.2 Å². The fourth-order valence-corrected chi connectivity index (χ4v) is 3.19. The van der Waals surface area contributed by atoms with Crippen molar-refractivity contribution in [2.75, 3.05) is 19.7 Å². The number of ether oxygens (including phenoxy) is 1. The summed E-state index contributed by atoms with van der Waals surface area (Å²) >= 11 is 0. The summed E-state index contributed by atoms with van der Waals surface area (Å²) in [6, 6.07) is 6.54. The van der Waals surface area contributed by atoms with E-state index in [1.807, 2.05) is 18.2 Å². The summed E-state index contributed by atoms with van der Waals surface area (Å²) in [5, 5.41) is 0. The summed E-state index contributed by atoms with van der Waals surface area (Å²) in [4.78, 5) is 18.3. The molecule has 0 radical (unpaired) electrons. The Kier molecular flexibility index (Phi) is 4.76. The highest BCUT2D eigenvalue weighted by Gasteiger charge is 2.24. The van der Waals surface area contributed by atoms with Crippen LogP contribution in [0, 0.1) is 0 Å². The van der Waals surface area contributed by atoms with Crippen LogP contribution in [0.4, 0.5) is 0 Å². The minimum Gasteiger partial charge on any atom is -0.377 e. The molecule has 0 spiro atoms. The Hall–Kier alpha value is -2.14. The van der Waals surface area contributed by atoms with Gasteiger partial charge in [0.1, 0.15) is 0 Å². The fourth-order valence-electron chi connectivity index (χ4n) is 3.19. The number of carbonyl (C=O) groups is 1. The Labute approximate surface area is 136 Å². The maximum atomic E-state index is 11.9. The molecule has 2 heterocycles. The van der Waals surface area contributed by atoms with Gasteiger partial charge in [-0.2, -0.15) is 0 Å². The molecule has 122 valence electrons. The Morgan fingerprint density at radius 2 is 2.39 bits per heavy atom. The zero-order valence-electron chi connectivity index (χ0n) is 13.6. The largest absolute Gasteiger partial charge is 0.377 e. The van der Waals surface area contributed by atoms with Crippen LogP contribution in [0.3, 0.4) is 0 Å². The van der Waals surface area contributed by atoms with Gasteiger partial charge >= 0.3 is 0 Å². The Bertz CT molecular complexity index is 707. The number of benzene rings is 1. The van der Waals surface area contributed by atoms with Crippen molar-refractivity contribution in [2.45, 2.75) is 32.4 Å². The second-order valence-electron chi connectivity index (χ2n) is 5.90. The smallest absolute Gasteiger partial charge is 0.246 e. The Balaban J connectivity index is 1.82. The van der Waals surface area contributed by atoms with Crippen LogP contribution in [0.5, 0.6) is 0 Å². The maximum absolute atomic E-state index is 11.9. The predicted octanol–water partition coefficient (Wildman–Crippen LogP) is 2.92. The van der Waals surface area contributed by atoms with Crippen molar-refractivity contribution >= 4 is 16.9 Å². The molecule has 0 N–H and O–H groups in total. The van der Waals surface area contributed by atoms with Crippen molar-refractivity contribution in [3.63, 3.8) is 0 Å². The van der Waals surface area contributed by atoms with Crippen LogP contribution in [0.25, 0.3) is 11.0 Å². The van der Waals surface area contributed by atoms with E-state index in [0.717, 1.165) is 42.5 Å². The van der Waals surface area contributed by atoms with Gasteiger partial charge in [-0.3, -0.25) is 4.79 Å². The van der Waals surface area contributed by atoms with Gasteiger partial charge in [0.05, 0.1) is 30.0 Å². The number of amides is 1. The zero-order valence-corrected chi connectivity index (χ0v) is 13.6. The lowest BCUT2D eigenvalue weighted by atomic mass is 10.0. The molecule has 1 aliphatic heterocycles. The SMILES string of the molecule is C=CC(=O)N1CCCC(n2cnc3cc(COCC)ccc32)C1. The molecule has 2 aromatic rings. The first-order valence-corrected chi connectivity index (χ1v) is 8.17. The molecule has 0 aliphatic carbocycles. The number of piperidine rings is 1. The first kappa shape index (κ1) is 15.7. The number of rotatable bonds is 5. The molecule has 5 heteroatoms. The van der Waals surface area contributed by atoms with Gasteiger partial charge in [-0.05, 0) is 43.5 Å². The second kappa shape index (κ2) is 6.96. The van der Waals surface area contributed by atoms with E-state index in [4.69, 9.17) is 4.74 Å². The van der Waals surface area contributed by atoms with Crippen molar-refractivity contribution in [2.24, 2.45) is 0 Å². The minimum atomic E-state index is 0.0121. The van der Waals surface area contributed by atoms with Crippen molar-refractivity contribution < 1.29 is 9.53 Å². The lowest BCUT2D eigenvalue weighted by Gasteiger charge is -2.33. The van der Waals surface area contributed by atoms with Crippen LogP contribution < -0.4 is 0 Å².